The molecule has 0 amide bonds. The molecule has 0 aliphatic heterocycles. The number of nitrogens with one attached hydrogen (secondary N) is 1. The lowest BCUT2D eigenvalue weighted by molar-refractivity contribution is -0.143. The number of nitrogens with zero attached hydrogens (tertiary/aromatic N) is 1. The molecule has 1 saturated carbocycles. The number of aromatic nitrogens is 1. The first-order valence-corrected chi connectivity index (χ1v) is 8.52. The molecule has 4 nitrogen and oxygen atoms in total. The van der Waals surface area contributed by atoms with Crippen LogP contribution in [0.5, 0.6) is 0 Å². The van der Waals surface area contributed by atoms with Gasteiger partial charge in [0.15, 0.2) is 0 Å². The van der Waals surface area contributed by atoms with Crippen molar-refractivity contribution >= 4 is 17.3 Å². The van der Waals surface area contributed by atoms with E-state index in [-0.39, 0.29) is 12.0 Å². The predicted molar refractivity (Wildman–Crippen MR) is 87.8 cm³/mol. The Labute approximate surface area is 134 Å². The first-order chi connectivity index (χ1) is 10.7. The van der Waals surface area contributed by atoms with Crippen LogP contribution in [0.2, 0.25) is 0 Å². The van der Waals surface area contributed by atoms with Gasteiger partial charge < -0.3 is 10.4 Å². The fraction of sp³-hybridized carbons (Fsp3) is 0.412. The van der Waals surface area contributed by atoms with Gasteiger partial charge in [-0.25, -0.2) is 4.98 Å². The summed E-state index contributed by atoms with van der Waals surface area (Å²) in [5, 5.41) is 13.7. The predicted octanol–water partition coefficient (Wildman–Crippen LogP) is 3.54. The van der Waals surface area contributed by atoms with Gasteiger partial charge in [0.2, 0.25) is 0 Å². The quantitative estimate of drug-likeness (QED) is 0.885. The van der Waals surface area contributed by atoms with Gasteiger partial charge in [-0.15, -0.1) is 11.3 Å². The molecule has 0 radical (unpaired) electrons. The average Bonchev–Trinajstić information content (AvgIpc) is 3.03. The van der Waals surface area contributed by atoms with Crippen molar-refractivity contribution < 1.29 is 9.90 Å². The van der Waals surface area contributed by atoms with Crippen LogP contribution in [-0.4, -0.2) is 22.1 Å². The van der Waals surface area contributed by atoms with E-state index >= 15 is 0 Å². The summed E-state index contributed by atoms with van der Waals surface area (Å²) in [6.45, 7) is 0.645. The lowest BCUT2D eigenvalue weighted by Gasteiger charge is -2.29. The maximum atomic E-state index is 11.3. The molecule has 1 fully saturated rings. The molecule has 1 heterocycles. The maximum Gasteiger partial charge on any atom is 0.308 e. The zero-order chi connectivity index (χ0) is 15.4. The normalized spacial score (nSPS) is 21.6. The van der Waals surface area contributed by atoms with Crippen LogP contribution >= 0.6 is 11.3 Å². The van der Waals surface area contributed by atoms with Gasteiger partial charge in [0, 0.05) is 18.8 Å². The van der Waals surface area contributed by atoms with Crippen LogP contribution in [0.1, 0.15) is 30.7 Å². The molecule has 1 aromatic carbocycles. The van der Waals surface area contributed by atoms with E-state index in [4.69, 9.17) is 0 Å². The Morgan fingerprint density at radius 1 is 1.27 bits per heavy atom. The lowest BCUT2D eigenvalue weighted by Crippen LogP contribution is -2.41. The van der Waals surface area contributed by atoms with Crippen molar-refractivity contribution in [2.45, 2.75) is 38.3 Å². The molecule has 22 heavy (non-hydrogen) atoms. The van der Waals surface area contributed by atoms with Crippen LogP contribution in [-0.2, 0) is 11.3 Å². The Morgan fingerprint density at radius 2 is 2.05 bits per heavy atom. The summed E-state index contributed by atoms with van der Waals surface area (Å²) in [5.41, 5.74) is 1.17. The van der Waals surface area contributed by atoms with Gasteiger partial charge in [0.1, 0.15) is 5.01 Å². The molecular weight excluding hydrogens is 296 g/mol. The van der Waals surface area contributed by atoms with Gasteiger partial charge in [-0.2, -0.15) is 0 Å². The summed E-state index contributed by atoms with van der Waals surface area (Å²) in [5.74, 6) is -0.941. The zero-order valence-corrected chi connectivity index (χ0v) is 13.2. The molecule has 116 valence electrons. The van der Waals surface area contributed by atoms with Crippen LogP contribution in [0.25, 0.3) is 10.4 Å². The van der Waals surface area contributed by atoms with Crippen molar-refractivity contribution in [3.05, 3.63) is 41.5 Å². The third-order valence-corrected chi connectivity index (χ3v) is 5.26. The molecule has 2 aromatic rings. The third-order valence-electron chi connectivity index (χ3n) is 4.21. The van der Waals surface area contributed by atoms with Crippen LogP contribution in [0.4, 0.5) is 0 Å². The van der Waals surface area contributed by atoms with Crippen molar-refractivity contribution in [1.29, 1.82) is 0 Å². The van der Waals surface area contributed by atoms with Crippen molar-refractivity contribution in [1.82, 2.24) is 10.3 Å². The molecule has 0 spiro atoms. The summed E-state index contributed by atoms with van der Waals surface area (Å²) in [4.78, 5) is 16.9. The molecule has 5 heteroatoms. The molecule has 2 atom stereocenters. The Morgan fingerprint density at radius 3 is 2.82 bits per heavy atom. The highest BCUT2D eigenvalue weighted by Crippen LogP contribution is 2.27. The SMILES string of the molecule is O=C(O)[C@@H]1CCCC[C@@H]1NCc1ncc(-c2ccccc2)s1. The Hall–Kier alpha value is -1.72. The first-order valence-electron chi connectivity index (χ1n) is 7.70. The van der Waals surface area contributed by atoms with E-state index in [1.807, 2.05) is 24.4 Å². The van der Waals surface area contributed by atoms with Crippen molar-refractivity contribution in [2.75, 3.05) is 0 Å². The monoisotopic (exact) mass is 316 g/mol. The Bertz CT molecular complexity index is 627. The van der Waals surface area contributed by atoms with Gasteiger partial charge in [-0.1, -0.05) is 43.2 Å². The summed E-state index contributed by atoms with van der Waals surface area (Å²) in [7, 11) is 0. The fourth-order valence-electron chi connectivity index (χ4n) is 3.02. The molecule has 1 aromatic heterocycles. The van der Waals surface area contributed by atoms with Crippen molar-refractivity contribution in [3.8, 4) is 10.4 Å². The summed E-state index contributed by atoms with van der Waals surface area (Å²) in [6, 6.07) is 10.3. The topological polar surface area (TPSA) is 62.2 Å². The Balaban J connectivity index is 1.62. The van der Waals surface area contributed by atoms with Crippen molar-refractivity contribution in [3.63, 3.8) is 0 Å². The van der Waals surface area contributed by atoms with Crippen molar-refractivity contribution in [2.24, 2.45) is 5.92 Å². The number of hydrogen-bond donors (Lipinski definition) is 2. The molecule has 1 aliphatic carbocycles. The lowest BCUT2D eigenvalue weighted by atomic mass is 9.84. The fourth-order valence-corrected chi connectivity index (χ4v) is 3.89. The molecule has 0 saturated heterocycles. The smallest absolute Gasteiger partial charge is 0.308 e. The first kappa shape index (κ1) is 15.2. The van der Waals surface area contributed by atoms with Crippen LogP contribution in [0, 0.1) is 5.92 Å². The minimum Gasteiger partial charge on any atom is -0.481 e. The van der Waals surface area contributed by atoms with Crippen LogP contribution < -0.4 is 5.32 Å². The van der Waals surface area contributed by atoms with Gasteiger partial charge in [-0.3, -0.25) is 4.79 Å². The largest absolute Gasteiger partial charge is 0.481 e. The standard InChI is InChI=1S/C17H20N2O2S/c20-17(21)13-8-4-5-9-14(13)18-11-16-19-10-15(22-16)12-6-2-1-3-7-12/h1-3,6-7,10,13-14,18H,4-5,8-9,11H2,(H,20,21)/t13-,14+/m1/s1. The van der Waals surface area contributed by atoms with E-state index in [1.165, 1.54) is 5.56 Å². The van der Waals surface area contributed by atoms with Gasteiger partial charge >= 0.3 is 5.97 Å². The summed E-state index contributed by atoms with van der Waals surface area (Å²) >= 11 is 1.66. The Kier molecular flexibility index (Phi) is 4.85. The molecule has 1 aliphatic rings. The molecular formula is C17H20N2O2S. The number of rotatable bonds is 5. The van der Waals surface area contributed by atoms with Crippen LogP contribution in [0.3, 0.4) is 0 Å². The van der Waals surface area contributed by atoms with Gasteiger partial charge in [-0.05, 0) is 18.4 Å². The molecule has 0 unspecified atom stereocenters. The highest BCUT2D eigenvalue weighted by atomic mass is 32.1. The highest BCUT2D eigenvalue weighted by Gasteiger charge is 2.30. The molecule has 3 rings (SSSR count). The van der Waals surface area contributed by atoms with E-state index in [1.54, 1.807) is 11.3 Å². The summed E-state index contributed by atoms with van der Waals surface area (Å²) < 4.78 is 0. The number of carboxylic acid groups (broad SMARTS) is 1. The third kappa shape index (κ3) is 3.54. The van der Waals surface area contributed by atoms with E-state index in [0.29, 0.717) is 6.54 Å². The number of hydrogen-bond acceptors (Lipinski definition) is 4. The highest BCUT2D eigenvalue weighted by molar-refractivity contribution is 7.15. The second-order valence-corrected chi connectivity index (χ2v) is 6.82. The number of carbonyl (C=O) groups is 1. The minimum atomic E-state index is -0.679. The van der Waals surface area contributed by atoms with Crippen LogP contribution in [0.15, 0.2) is 36.5 Å². The second kappa shape index (κ2) is 7.03. The maximum absolute atomic E-state index is 11.3. The van der Waals surface area contributed by atoms with E-state index in [2.05, 4.69) is 22.4 Å². The van der Waals surface area contributed by atoms with Gasteiger partial charge in [0.25, 0.3) is 0 Å². The number of aliphatic carboxylic acids is 1. The summed E-state index contributed by atoms with van der Waals surface area (Å²) in [6.07, 6.45) is 5.74. The van der Waals surface area contributed by atoms with E-state index in [0.717, 1.165) is 35.6 Å². The minimum absolute atomic E-state index is 0.0651. The number of carboxylic acids is 1. The zero-order valence-electron chi connectivity index (χ0n) is 12.4. The van der Waals surface area contributed by atoms with E-state index in [9.17, 15) is 9.90 Å². The number of benzene rings is 1. The second-order valence-electron chi connectivity index (χ2n) is 5.70. The van der Waals surface area contributed by atoms with Gasteiger partial charge in [0.05, 0.1) is 10.8 Å². The number of thiazole rings is 1. The molecule has 0 bridgehead atoms. The molecule has 2 N–H and O–H groups in total. The average molecular weight is 316 g/mol. The van der Waals surface area contributed by atoms with E-state index < -0.39 is 5.97 Å².